The van der Waals surface area contributed by atoms with Crippen LogP contribution in [0.3, 0.4) is 0 Å². The van der Waals surface area contributed by atoms with E-state index in [1.807, 2.05) is 24.3 Å². The van der Waals surface area contributed by atoms with Gasteiger partial charge in [-0.05, 0) is 30.5 Å². The Bertz CT molecular complexity index is 558. The highest BCUT2D eigenvalue weighted by Gasteiger charge is 2.27. The van der Waals surface area contributed by atoms with E-state index in [-0.39, 0.29) is 17.9 Å². The average Bonchev–Trinajstić information content (AvgIpc) is 3.14. The molecule has 2 atom stereocenters. The van der Waals surface area contributed by atoms with Gasteiger partial charge in [0.1, 0.15) is 0 Å². The summed E-state index contributed by atoms with van der Waals surface area (Å²) in [5.74, 6) is 0.0854. The van der Waals surface area contributed by atoms with E-state index in [1.165, 1.54) is 0 Å². The number of anilines is 1. The van der Waals surface area contributed by atoms with Crippen LogP contribution in [0.5, 0.6) is 0 Å². The molecule has 22 heavy (non-hydrogen) atoms. The maximum absolute atomic E-state index is 11.9. The second-order valence-corrected chi connectivity index (χ2v) is 5.88. The first-order chi connectivity index (χ1) is 10.6. The van der Waals surface area contributed by atoms with Gasteiger partial charge in [0, 0.05) is 31.7 Å². The van der Waals surface area contributed by atoms with Gasteiger partial charge in [0.25, 0.3) is 0 Å². The molecule has 1 aromatic carbocycles. The number of amides is 2. The molecule has 2 heterocycles. The lowest BCUT2D eigenvalue weighted by Crippen LogP contribution is -2.40. The number of β-amino-alcohol motifs (C(OH)–C–C–N with tert-alkyl or cyclic N) is 1. The maximum atomic E-state index is 11.9. The summed E-state index contributed by atoms with van der Waals surface area (Å²) in [5.41, 5.74) is 1.90. The predicted molar refractivity (Wildman–Crippen MR) is 82.3 cm³/mol. The Morgan fingerprint density at radius 2 is 2.14 bits per heavy atom. The Labute approximate surface area is 129 Å². The first-order valence-electron chi connectivity index (χ1n) is 7.72. The standard InChI is InChI=1S/C16H21N3O3/c20-13-8-14(17-10-13)16(22)18-9-11-3-5-12(6-4-11)19-7-1-2-15(19)21/h3-6,13-14,17,20H,1-2,7-10H2,(H,18,22)/t13-,14+/m1/s1. The number of nitrogens with zero attached hydrogens (tertiary/aromatic N) is 1. The lowest BCUT2D eigenvalue weighted by molar-refractivity contribution is -0.123. The molecule has 0 saturated carbocycles. The van der Waals surface area contributed by atoms with Gasteiger partial charge >= 0.3 is 0 Å². The molecular weight excluding hydrogens is 282 g/mol. The fourth-order valence-corrected chi connectivity index (χ4v) is 2.94. The van der Waals surface area contributed by atoms with Crippen molar-refractivity contribution >= 4 is 17.5 Å². The van der Waals surface area contributed by atoms with Gasteiger partial charge in [0.05, 0.1) is 12.1 Å². The summed E-state index contributed by atoms with van der Waals surface area (Å²) in [5, 5.41) is 15.3. The van der Waals surface area contributed by atoms with E-state index < -0.39 is 6.10 Å². The van der Waals surface area contributed by atoms with Gasteiger partial charge in [-0.3, -0.25) is 9.59 Å². The molecule has 0 bridgehead atoms. The minimum absolute atomic E-state index is 0.0876. The van der Waals surface area contributed by atoms with Crippen LogP contribution < -0.4 is 15.5 Å². The second-order valence-electron chi connectivity index (χ2n) is 5.88. The Morgan fingerprint density at radius 1 is 1.36 bits per heavy atom. The molecule has 2 aliphatic heterocycles. The van der Waals surface area contributed by atoms with Crippen molar-refractivity contribution in [3.05, 3.63) is 29.8 Å². The number of carbonyl (C=O) groups is 2. The van der Waals surface area contributed by atoms with Crippen molar-refractivity contribution < 1.29 is 14.7 Å². The number of hydrogen-bond donors (Lipinski definition) is 3. The zero-order valence-corrected chi connectivity index (χ0v) is 12.4. The van der Waals surface area contributed by atoms with E-state index in [0.29, 0.717) is 25.9 Å². The lowest BCUT2D eigenvalue weighted by Gasteiger charge is -2.16. The molecule has 2 amide bonds. The summed E-state index contributed by atoms with van der Waals surface area (Å²) in [6, 6.07) is 7.39. The SMILES string of the molecule is O=C(NCc1ccc(N2CCCC2=O)cc1)[C@@H]1C[C@@H](O)CN1. The molecule has 0 aromatic heterocycles. The first kappa shape index (κ1) is 15.0. The first-order valence-corrected chi connectivity index (χ1v) is 7.72. The molecule has 0 spiro atoms. The zero-order chi connectivity index (χ0) is 15.5. The largest absolute Gasteiger partial charge is 0.392 e. The third-order valence-electron chi connectivity index (χ3n) is 4.21. The average molecular weight is 303 g/mol. The van der Waals surface area contributed by atoms with Crippen LogP contribution in [0.4, 0.5) is 5.69 Å². The highest BCUT2D eigenvalue weighted by Crippen LogP contribution is 2.21. The fourth-order valence-electron chi connectivity index (χ4n) is 2.94. The molecule has 0 aliphatic carbocycles. The third-order valence-corrected chi connectivity index (χ3v) is 4.21. The molecular formula is C16H21N3O3. The van der Waals surface area contributed by atoms with Crippen LogP contribution >= 0.6 is 0 Å². The van der Waals surface area contributed by atoms with E-state index >= 15 is 0 Å². The summed E-state index contributed by atoms with van der Waals surface area (Å²) in [7, 11) is 0. The molecule has 2 saturated heterocycles. The van der Waals surface area contributed by atoms with Crippen LogP contribution in [0, 0.1) is 0 Å². The summed E-state index contributed by atoms with van der Waals surface area (Å²) >= 11 is 0. The van der Waals surface area contributed by atoms with Gasteiger partial charge in [-0.25, -0.2) is 0 Å². The van der Waals surface area contributed by atoms with Crippen LogP contribution in [-0.4, -0.2) is 42.2 Å². The topological polar surface area (TPSA) is 81.7 Å². The molecule has 2 fully saturated rings. The van der Waals surface area contributed by atoms with Crippen molar-refractivity contribution in [2.75, 3.05) is 18.0 Å². The van der Waals surface area contributed by atoms with E-state index in [1.54, 1.807) is 4.90 Å². The normalized spacial score (nSPS) is 24.8. The molecule has 0 unspecified atom stereocenters. The van der Waals surface area contributed by atoms with E-state index in [0.717, 1.165) is 24.2 Å². The number of hydrogen-bond acceptors (Lipinski definition) is 4. The van der Waals surface area contributed by atoms with Crippen molar-refractivity contribution in [2.45, 2.75) is 38.0 Å². The van der Waals surface area contributed by atoms with Crippen molar-refractivity contribution in [2.24, 2.45) is 0 Å². The van der Waals surface area contributed by atoms with Crippen LogP contribution in [0.15, 0.2) is 24.3 Å². The third kappa shape index (κ3) is 3.28. The van der Waals surface area contributed by atoms with Crippen LogP contribution in [0.25, 0.3) is 0 Å². The Balaban J connectivity index is 1.53. The van der Waals surface area contributed by atoms with E-state index in [9.17, 15) is 14.7 Å². The van der Waals surface area contributed by atoms with E-state index in [4.69, 9.17) is 0 Å². The van der Waals surface area contributed by atoms with Gasteiger partial charge in [0.2, 0.25) is 11.8 Å². The van der Waals surface area contributed by atoms with Crippen LogP contribution in [-0.2, 0) is 16.1 Å². The highest BCUT2D eigenvalue weighted by atomic mass is 16.3. The van der Waals surface area contributed by atoms with Gasteiger partial charge < -0.3 is 20.6 Å². The number of rotatable bonds is 4. The second kappa shape index (κ2) is 6.46. The number of nitrogens with one attached hydrogen (secondary N) is 2. The molecule has 3 rings (SSSR count). The summed E-state index contributed by atoms with van der Waals surface area (Å²) in [6.45, 7) is 1.70. The lowest BCUT2D eigenvalue weighted by atomic mass is 10.1. The Hall–Kier alpha value is -1.92. The minimum atomic E-state index is -0.437. The Kier molecular flexibility index (Phi) is 4.40. The van der Waals surface area contributed by atoms with Crippen molar-refractivity contribution in [3.63, 3.8) is 0 Å². The number of carbonyl (C=O) groups excluding carboxylic acids is 2. The quantitative estimate of drug-likeness (QED) is 0.740. The minimum Gasteiger partial charge on any atom is -0.392 e. The summed E-state index contributed by atoms with van der Waals surface area (Å²) < 4.78 is 0. The van der Waals surface area contributed by atoms with Gasteiger partial charge in [-0.15, -0.1) is 0 Å². The fraction of sp³-hybridized carbons (Fsp3) is 0.500. The molecule has 6 nitrogen and oxygen atoms in total. The van der Waals surface area contributed by atoms with Crippen molar-refractivity contribution in [3.8, 4) is 0 Å². The molecule has 118 valence electrons. The van der Waals surface area contributed by atoms with E-state index in [2.05, 4.69) is 10.6 Å². The Morgan fingerprint density at radius 3 is 2.73 bits per heavy atom. The predicted octanol–water partition coefficient (Wildman–Crippen LogP) is 0.152. The summed E-state index contributed by atoms with van der Waals surface area (Å²) in [6.07, 6.45) is 1.56. The van der Waals surface area contributed by atoms with Crippen LogP contribution in [0.1, 0.15) is 24.8 Å². The smallest absolute Gasteiger partial charge is 0.237 e. The zero-order valence-electron chi connectivity index (χ0n) is 12.4. The molecule has 1 aromatic rings. The van der Waals surface area contributed by atoms with Gasteiger partial charge in [0.15, 0.2) is 0 Å². The number of aliphatic hydroxyl groups excluding tert-OH is 1. The summed E-state index contributed by atoms with van der Waals surface area (Å²) in [4.78, 5) is 25.4. The van der Waals surface area contributed by atoms with Gasteiger partial charge in [-0.1, -0.05) is 12.1 Å². The molecule has 6 heteroatoms. The van der Waals surface area contributed by atoms with Crippen LogP contribution in [0.2, 0.25) is 0 Å². The number of benzene rings is 1. The molecule has 0 radical (unpaired) electrons. The van der Waals surface area contributed by atoms with Crippen molar-refractivity contribution in [1.29, 1.82) is 0 Å². The molecule has 2 aliphatic rings. The molecule has 3 N–H and O–H groups in total. The maximum Gasteiger partial charge on any atom is 0.237 e. The highest BCUT2D eigenvalue weighted by molar-refractivity contribution is 5.95. The number of aliphatic hydroxyl groups is 1. The monoisotopic (exact) mass is 303 g/mol. The van der Waals surface area contributed by atoms with Crippen molar-refractivity contribution in [1.82, 2.24) is 10.6 Å². The van der Waals surface area contributed by atoms with Gasteiger partial charge in [-0.2, -0.15) is 0 Å².